The maximum Gasteiger partial charge on any atom is 0.255 e. The molecule has 0 spiro atoms. The highest BCUT2D eigenvalue weighted by Crippen LogP contribution is 2.23. The summed E-state index contributed by atoms with van der Waals surface area (Å²) in [5, 5.41) is 3.38. The van der Waals surface area contributed by atoms with E-state index in [4.69, 9.17) is 22.1 Å². The Labute approximate surface area is 119 Å². The Bertz CT molecular complexity index is 445. The summed E-state index contributed by atoms with van der Waals surface area (Å²) in [5.41, 5.74) is 6.24. The van der Waals surface area contributed by atoms with Gasteiger partial charge in [0.15, 0.2) is 0 Å². The molecule has 0 bridgehead atoms. The van der Waals surface area contributed by atoms with Crippen molar-refractivity contribution in [1.82, 2.24) is 5.32 Å². The van der Waals surface area contributed by atoms with Crippen molar-refractivity contribution in [3.05, 3.63) is 28.8 Å². The van der Waals surface area contributed by atoms with Crippen LogP contribution < -0.4 is 15.8 Å². The summed E-state index contributed by atoms with van der Waals surface area (Å²) < 4.78 is 5.16. The van der Waals surface area contributed by atoms with E-state index in [1.807, 2.05) is 13.8 Å². The average Bonchev–Trinajstić information content (AvgIpc) is 2.44. The number of hydrogen-bond donors (Lipinski definition) is 2. The van der Waals surface area contributed by atoms with Crippen LogP contribution in [0.1, 0.15) is 37.0 Å². The van der Waals surface area contributed by atoms with Gasteiger partial charge in [-0.3, -0.25) is 4.79 Å². The minimum absolute atomic E-state index is 0.203. The number of methoxy groups -OCH3 is 1. The number of halogens is 1. The molecular formula is C14H21ClN2O2. The second-order valence-corrected chi connectivity index (χ2v) is 5.03. The van der Waals surface area contributed by atoms with Crippen LogP contribution in [0.3, 0.4) is 0 Å². The molecule has 1 rings (SSSR count). The Hall–Kier alpha value is -1.26. The molecule has 1 aromatic rings. The van der Waals surface area contributed by atoms with Crippen molar-refractivity contribution in [3.8, 4) is 5.75 Å². The predicted octanol–water partition coefficient (Wildman–Crippen LogP) is 2.60. The van der Waals surface area contributed by atoms with E-state index >= 15 is 0 Å². The Morgan fingerprint density at radius 3 is 2.58 bits per heavy atom. The maximum atomic E-state index is 12.1. The molecule has 5 heteroatoms. The molecule has 0 fully saturated rings. The summed E-state index contributed by atoms with van der Waals surface area (Å²) in [6, 6.07) is 4.92. The predicted molar refractivity (Wildman–Crippen MR) is 77.8 cm³/mol. The average molecular weight is 285 g/mol. The first-order valence-corrected chi connectivity index (χ1v) is 6.74. The van der Waals surface area contributed by atoms with Crippen molar-refractivity contribution in [1.29, 1.82) is 0 Å². The van der Waals surface area contributed by atoms with Gasteiger partial charge < -0.3 is 15.8 Å². The lowest BCUT2D eigenvalue weighted by molar-refractivity contribution is 0.0939. The monoisotopic (exact) mass is 284 g/mol. The van der Waals surface area contributed by atoms with Gasteiger partial charge in [-0.15, -0.1) is 0 Å². The van der Waals surface area contributed by atoms with Crippen LogP contribution in [0.4, 0.5) is 0 Å². The molecule has 0 aliphatic rings. The lowest BCUT2D eigenvalue weighted by Gasteiger charge is -2.26. The van der Waals surface area contributed by atoms with Gasteiger partial charge in [-0.1, -0.05) is 25.4 Å². The first-order chi connectivity index (χ1) is 8.95. The maximum absolute atomic E-state index is 12.1. The van der Waals surface area contributed by atoms with Crippen molar-refractivity contribution in [3.63, 3.8) is 0 Å². The highest BCUT2D eigenvalue weighted by atomic mass is 35.5. The summed E-state index contributed by atoms with van der Waals surface area (Å²) in [6.45, 7) is 4.46. The third-order valence-corrected chi connectivity index (χ3v) is 3.65. The number of benzene rings is 1. The quantitative estimate of drug-likeness (QED) is 0.844. The molecule has 0 radical (unpaired) electrons. The number of carbonyl (C=O) groups is 1. The minimum atomic E-state index is -0.366. The standard InChI is InChI=1S/C14H21ClN2O2/c1-4-14(16,5-2)9-17-13(18)11-7-6-10(15)8-12(11)19-3/h6-8H,4-5,9,16H2,1-3H3,(H,17,18). The molecule has 0 aromatic heterocycles. The molecule has 0 saturated heterocycles. The second kappa shape index (κ2) is 6.78. The van der Waals surface area contributed by atoms with E-state index in [1.165, 1.54) is 7.11 Å². The summed E-state index contributed by atoms with van der Waals surface area (Å²) in [7, 11) is 1.51. The van der Waals surface area contributed by atoms with Gasteiger partial charge in [-0.05, 0) is 31.0 Å². The Balaban J connectivity index is 2.79. The molecule has 0 saturated carbocycles. The van der Waals surface area contributed by atoms with Gasteiger partial charge in [0.2, 0.25) is 0 Å². The molecule has 3 N–H and O–H groups in total. The Morgan fingerprint density at radius 1 is 1.42 bits per heavy atom. The van der Waals surface area contributed by atoms with Crippen LogP contribution >= 0.6 is 11.6 Å². The number of rotatable bonds is 6. The van der Waals surface area contributed by atoms with Crippen LogP contribution in [0.25, 0.3) is 0 Å². The van der Waals surface area contributed by atoms with Gasteiger partial charge in [0.05, 0.1) is 12.7 Å². The van der Waals surface area contributed by atoms with E-state index in [0.29, 0.717) is 22.9 Å². The van der Waals surface area contributed by atoms with Gasteiger partial charge in [0.1, 0.15) is 5.75 Å². The highest BCUT2D eigenvalue weighted by Gasteiger charge is 2.22. The molecular weight excluding hydrogens is 264 g/mol. The Morgan fingerprint density at radius 2 is 2.05 bits per heavy atom. The molecule has 1 aromatic carbocycles. The van der Waals surface area contributed by atoms with E-state index in [1.54, 1.807) is 18.2 Å². The molecule has 4 nitrogen and oxygen atoms in total. The van der Waals surface area contributed by atoms with E-state index in [-0.39, 0.29) is 11.4 Å². The lowest BCUT2D eigenvalue weighted by Crippen LogP contribution is -2.49. The molecule has 0 atom stereocenters. The second-order valence-electron chi connectivity index (χ2n) is 4.60. The minimum Gasteiger partial charge on any atom is -0.496 e. The molecule has 0 heterocycles. The van der Waals surface area contributed by atoms with Crippen molar-refractivity contribution in [2.45, 2.75) is 32.2 Å². The van der Waals surface area contributed by atoms with Crippen molar-refractivity contribution in [2.24, 2.45) is 5.73 Å². The van der Waals surface area contributed by atoms with Crippen molar-refractivity contribution in [2.75, 3.05) is 13.7 Å². The zero-order valence-electron chi connectivity index (χ0n) is 11.6. The summed E-state index contributed by atoms with van der Waals surface area (Å²) >= 11 is 5.86. The molecule has 0 aliphatic heterocycles. The third-order valence-electron chi connectivity index (χ3n) is 3.42. The molecule has 0 unspecified atom stereocenters. The number of nitrogens with one attached hydrogen (secondary N) is 1. The topological polar surface area (TPSA) is 64.3 Å². The number of carbonyl (C=O) groups excluding carboxylic acids is 1. The molecule has 106 valence electrons. The number of ether oxygens (including phenoxy) is 1. The van der Waals surface area contributed by atoms with Gasteiger partial charge in [0.25, 0.3) is 5.91 Å². The summed E-state index contributed by atoms with van der Waals surface area (Å²) in [4.78, 5) is 12.1. The summed E-state index contributed by atoms with van der Waals surface area (Å²) in [6.07, 6.45) is 1.61. The van der Waals surface area contributed by atoms with Gasteiger partial charge in [-0.2, -0.15) is 0 Å². The normalized spacial score (nSPS) is 11.2. The fourth-order valence-electron chi connectivity index (χ4n) is 1.70. The van der Waals surface area contributed by atoms with Crippen LogP contribution in [0.5, 0.6) is 5.75 Å². The van der Waals surface area contributed by atoms with Crippen LogP contribution in [-0.2, 0) is 0 Å². The van der Waals surface area contributed by atoms with E-state index in [9.17, 15) is 4.79 Å². The van der Waals surface area contributed by atoms with Gasteiger partial charge in [-0.25, -0.2) is 0 Å². The largest absolute Gasteiger partial charge is 0.496 e. The molecule has 1 amide bonds. The van der Waals surface area contributed by atoms with Crippen LogP contribution in [0, 0.1) is 0 Å². The smallest absolute Gasteiger partial charge is 0.255 e. The highest BCUT2D eigenvalue weighted by molar-refractivity contribution is 6.30. The lowest BCUT2D eigenvalue weighted by atomic mass is 9.94. The first kappa shape index (κ1) is 15.8. The van der Waals surface area contributed by atoms with Gasteiger partial charge >= 0.3 is 0 Å². The van der Waals surface area contributed by atoms with E-state index in [2.05, 4.69) is 5.32 Å². The SMILES string of the molecule is CCC(N)(CC)CNC(=O)c1ccc(Cl)cc1OC. The van der Waals surface area contributed by atoms with Gasteiger partial charge in [0, 0.05) is 17.1 Å². The van der Waals surface area contributed by atoms with Crippen LogP contribution in [0.2, 0.25) is 5.02 Å². The van der Waals surface area contributed by atoms with Crippen molar-refractivity contribution >= 4 is 17.5 Å². The third kappa shape index (κ3) is 4.11. The molecule has 19 heavy (non-hydrogen) atoms. The number of hydrogen-bond acceptors (Lipinski definition) is 3. The number of nitrogens with two attached hydrogens (primary N) is 1. The number of amides is 1. The fraction of sp³-hybridized carbons (Fsp3) is 0.500. The summed E-state index contributed by atoms with van der Waals surface area (Å²) in [5.74, 6) is 0.255. The zero-order valence-corrected chi connectivity index (χ0v) is 12.4. The van der Waals surface area contributed by atoms with Crippen LogP contribution in [0.15, 0.2) is 18.2 Å². The molecule has 0 aliphatic carbocycles. The van der Waals surface area contributed by atoms with E-state index in [0.717, 1.165) is 12.8 Å². The first-order valence-electron chi connectivity index (χ1n) is 6.36. The fourth-order valence-corrected chi connectivity index (χ4v) is 1.87. The van der Waals surface area contributed by atoms with Crippen molar-refractivity contribution < 1.29 is 9.53 Å². The zero-order chi connectivity index (χ0) is 14.5. The van der Waals surface area contributed by atoms with Crippen LogP contribution in [-0.4, -0.2) is 25.1 Å². The Kier molecular flexibility index (Phi) is 5.63. The van der Waals surface area contributed by atoms with E-state index < -0.39 is 0 Å².